The molecule has 0 saturated carbocycles. The van der Waals surface area contributed by atoms with Crippen molar-refractivity contribution in [2.45, 2.75) is 19.3 Å². The molecule has 0 unspecified atom stereocenters. The summed E-state index contributed by atoms with van der Waals surface area (Å²) >= 11 is 5.83. The van der Waals surface area contributed by atoms with Gasteiger partial charge in [0.2, 0.25) is 0 Å². The van der Waals surface area contributed by atoms with Gasteiger partial charge in [-0.3, -0.25) is 9.59 Å². The van der Waals surface area contributed by atoms with Crippen LogP contribution in [0.15, 0.2) is 36.4 Å². The minimum atomic E-state index is -0.661. The molecule has 24 heavy (non-hydrogen) atoms. The molecule has 0 spiro atoms. The van der Waals surface area contributed by atoms with Crippen molar-refractivity contribution in [3.8, 4) is 5.75 Å². The molecule has 2 amide bonds. The molecule has 0 heterocycles. The third-order valence-corrected chi connectivity index (χ3v) is 4.18. The quantitative estimate of drug-likeness (QED) is 0.875. The Morgan fingerprint density at radius 2 is 1.92 bits per heavy atom. The standard InChI is InChI=1S/C18H17ClN2O3/c19-13-5-7-16(15(9-13)18(20)23)24-10-17(22)21-14-6-4-11-2-1-3-12(11)8-14/h4-9H,1-3,10H2,(H2,20,23)(H,21,22). The van der Waals surface area contributed by atoms with E-state index in [0.29, 0.717) is 5.02 Å². The highest BCUT2D eigenvalue weighted by Gasteiger charge is 2.14. The van der Waals surface area contributed by atoms with Crippen LogP contribution in [0.3, 0.4) is 0 Å². The van der Waals surface area contributed by atoms with Crippen LogP contribution in [0, 0.1) is 0 Å². The molecule has 3 rings (SSSR count). The number of carbonyl (C=O) groups excluding carboxylic acids is 2. The van der Waals surface area contributed by atoms with Crippen molar-refractivity contribution in [1.29, 1.82) is 0 Å². The highest BCUT2D eigenvalue weighted by molar-refractivity contribution is 6.31. The molecule has 2 aromatic carbocycles. The van der Waals surface area contributed by atoms with Crippen LogP contribution in [-0.2, 0) is 17.6 Å². The highest BCUT2D eigenvalue weighted by atomic mass is 35.5. The molecular formula is C18H17ClN2O3. The molecule has 0 aromatic heterocycles. The Morgan fingerprint density at radius 3 is 2.71 bits per heavy atom. The number of nitrogens with one attached hydrogen (secondary N) is 1. The van der Waals surface area contributed by atoms with E-state index in [1.165, 1.54) is 23.3 Å². The maximum Gasteiger partial charge on any atom is 0.262 e. The average molecular weight is 345 g/mol. The number of anilines is 1. The monoisotopic (exact) mass is 344 g/mol. The Bertz CT molecular complexity index is 805. The topological polar surface area (TPSA) is 81.4 Å². The summed E-state index contributed by atoms with van der Waals surface area (Å²) in [4.78, 5) is 23.5. The summed E-state index contributed by atoms with van der Waals surface area (Å²) in [5.74, 6) is -0.735. The van der Waals surface area contributed by atoms with Gasteiger partial charge in [0.05, 0.1) is 5.56 Å². The average Bonchev–Trinajstić information content (AvgIpc) is 3.01. The van der Waals surface area contributed by atoms with Gasteiger partial charge in [0, 0.05) is 10.7 Å². The number of primary amides is 1. The van der Waals surface area contributed by atoms with Gasteiger partial charge in [-0.05, 0) is 60.7 Å². The number of rotatable bonds is 5. The number of carbonyl (C=O) groups is 2. The van der Waals surface area contributed by atoms with Gasteiger partial charge in [-0.1, -0.05) is 17.7 Å². The van der Waals surface area contributed by atoms with Crippen LogP contribution < -0.4 is 15.8 Å². The van der Waals surface area contributed by atoms with Crippen LogP contribution in [0.5, 0.6) is 5.75 Å². The lowest BCUT2D eigenvalue weighted by Gasteiger charge is -2.11. The van der Waals surface area contributed by atoms with Gasteiger partial charge in [0.1, 0.15) is 5.75 Å². The fourth-order valence-electron chi connectivity index (χ4n) is 2.81. The number of hydrogen-bond acceptors (Lipinski definition) is 3. The molecule has 0 radical (unpaired) electrons. The molecular weight excluding hydrogens is 328 g/mol. The van der Waals surface area contributed by atoms with Gasteiger partial charge < -0.3 is 15.8 Å². The zero-order valence-electron chi connectivity index (χ0n) is 13.0. The predicted octanol–water partition coefficient (Wildman–Crippen LogP) is 2.95. The Balaban J connectivity index is 1.63. The number of nitrogens with two attached hydrogens (primary N) is 1. The summed E-state index contributed by atoms with van der Waals surface area (Å²) < 4.78 is 5.41. The Kier molecular flexibility index (Phi) is 4.71. The number of amides is 2. The van der Waals surface area contributed by atoms with Crippen molar-refractivity contribution < 1.29 is 14.3 Å². The number of fused-ring (bicyclic) bond motifs is 1. The second-order valence-corrected chi connectivity index (χ2v) is 6.12. The highest BCUT2D eigenvalue weighted by Crippen LogP contribution is 2.25. The molecule has 3 N–H and O–H groups in total. The largest absolute Gasteiger partial charge is 0.483 e. The predicted molar refractivity (Wildman–Crippen MR) is 92.6 cm³/mol. The summed E-state index contributed by atoms with van der Waals surface area (Å²) in [6.07, 6.45) is 3.30. The fraction of sp³-hybridized carbons (Fsp3) is 0.222. The number of halogens is 1. The lowest BCUT2D eigenvalue weighted by molar-refractivity contribution is -0.118. The first kappa shape index (κ1) is 16.3. The van der Waals surface area contributed by atoms with Crippen LogP contribution in [0.1, 0.15) is 27.9 Å². The Morgan fingerprint density at radius 1 is 1.12 bits per heavy atom. The fourth-order valence-corrected chi connectivity index (χ4v) is 2.98. The molecule has 0 atom stereocenters. The van der Waals surface area contributed by atoms with Crippen molar-refractivity contribution >= 4 is 29.1 Å². The third-order valence-electron chi connectivity index (χ3n) is 3.95. The summed E-state index contributed by atoms with van der Waals surface area (Å²) in [7, 11) is 0. The first-order valence-electron chi connectivity index (χ1n) is 7.67. The molecule has 0 saturated heterocycles. The molecule has 6 heteroatoms. The van der Waals surface area contributed by atoms with Crippen molar-refractivity contribution in [3.63, 3.8) is 0 Å². The minimum Gasteiger partial charge on any atom is -0.483 e. The second-order valence-electron chi connectivity index (χ2n) is 5.68. The molecule has 1 aliphatic rings. The summed E-state index contributed by atoms with van der Waals surface area (Å²) in [5.41, 5.74) is 8.80. The van der Waals surface area contributed by atoms with Gasteiger partial charge in [0.25, 0.3) is 11.8 Å². The van der Waals surface area contributed by atoms with Crippen molar-refractivity contribution in [1.82, 2.24) is 0 Å². The maximum absolute atomic E-state index is 12.1. The van der Waals surface area contributed by atoms with E-state index >= 15 is 0 Å². The molecule has 2 aromatic rings. The Hall–Kier alpha value is -2.53. The SMILES string of the molecule is NC(=O)c1cc(Cl)ccc1OCC(=O)Nc1ccc2c(c1)CCC2. The smallest absolute Gasteiger partial charge is 0.262 e. The molecule has 0 bridgehead atoms. The van der Waals surface area contributed by atoms with E-state index in [4.69, 9.17) is 22.1 Å². The molecule has 0 fully saturated rings. The van der Waals surface area contributed by atoms with Crippen molar-refractivity contribution in [2.75, 3.05) is 11.9 Å². The first-order chi connectivity index (χ1) is 11.5. The van der Waals surface area contributed by atoms with E-state index in [1.807, 2.05) is 18.2 Å². The number of ether oxygens (including phenoxy) is 1. The summed E-state index contributed by atoms with van der Waals surface area (Å²) in [6, 6.07) is 10.4. The first-order valence-corrected chi connectivity index (χ1v) is 8.04. The second kappa shape index (κ2) is 6.93. The van der Waals surface area contributed by atoms with E-state index in [0.717, 1.165) is 24.9 Å². The molecule has 1 aliphatic carbocycles. The molecule has 124 valence electrons. The summed E-state index contributed by atoms with van der Waals surface area (Å²) in [5, 5.41) is 3.17. The van der Waals surface area contributed by atoms with E-state index in [-0.39, 0.29) is 23.8 Å². The maximum atomic E-state index is 12.1. The number of benzene rings is 2. The van der Waals surface area contributed by atoms with Gasteiger partial charge in [-0.25, -0.2) is 0 Å². The van der Waals surface area contributed by atoms with Crippen LogP contribution >= 0.6 is 11.6 Å². The van der Waals surface area contributed by atoms with E-state index < -0.39 is 5.91 Å². The number of hydrogen-bond donors (Lipinski definition) is 2. The molecule has 0 aliphatic heterocycles. The van der Waals surface area contributed by atoms with E-state index in [1.54, 1.807) is 6.07 Å². The van der Waals surface area contributed by atoms with Crippen LogP contribution in [0.4, 0.5) is 5.69 Å². The van der Waals surface area contributed by atoms with Gasteiger partial charge >= 0.3 is 0 Å². The van der Waals surface area contributed by atoms with Crippen LogP contribution in [0.2, 0.25) is 5.02 Å². The van der Waals surface area contributed by atoms with Gasteiger partial charge in [-0.2, -0.15) is 0 Å². The van der Waals surface area contributed by atoms with E-state index in [2.05, 4.69) is 5.32 Å². The minimum absolute atomic E-state index is 0.146. The third kappa shape index (κ3) is 3.68. The normalized spacial score (nSPS) is 12.5. The number of aryl methyl sites for hydroxylation is 2. The van der Waals surface area contributed by atoms with Gasteiger partial charge in [-0.15, -0.1) is 0 Å². The Labute approximate surface area is 144 Å². The zero-order valence-corrected chi connectivity index (χ0v) is 13.7. The van der Waals surface area contributed by atoms with Crippen molar-refractivity contribution in [2.24, 2.45) is 5.73 Å². The van der Waals surface area contributed by atoms with Gasteiger partial charge in [0.15, 0.2) is 6.61 Å². The van der Waals surface area contributed by atoms with E-state index in [9.17, 15) is 9.59 Å². The zero-order chi connectivity index (χ0) is 17.1. The van der Waals surface area contributed by atoms with Crippen LogP contribution in [-0.4, -0.2) is 18.4 Å². The molecule has 5 nitrogen and oxygen atoms in total. The lowest BCUT2D eigenvalue weighted by Crippen LogP contribution is -2.21. The lowest BCUT2D eigenvalue weighted by atomic mass is 10.1. The summed E-state index contributed by atoms with van der Waals surface area (Å²) in [6.45, 7) is -0.223. The van der Waals surface area contributed by atoms with Crippen molar-refractivity contribution in [3.05, 3.63) is 58.1 Å². The van der Waals surface area contributed by atoms with Crippen LogP contribution in [0.25, 0.3) is 0 Å².